The average molecular weight is 226 g/mol. The number of hydrogen-bond donors (Lipinski definition) is 0. The molecule has 1 heterocycles. The zero-order chi connectivity index (χ0) is 12.1. The van der Waals surface area contributed by atoms with Crippen molar-refractivity contribution in [3.63, 3.8) is 0 Å². The molecule has 0 radical (unpaired) electrons. The van der Waals surface area contributed by atoms with Crippen molar-refractivity contribution in [3.05, 3.63) is 48.4 Å². The van der Waals surface area contributed by atoms with E-state index in [9.17, 15) is 0 Å². The highest BCUT2D eigenvalue weighted by Crippen LogP contribution is 2.19. The summed E-state index contributed by atoms with van der Waals surface area (Å²) in [6.07, 6.45) is 7.39. The van der Waals surface area contributed by atoms with Gasteiger partial charge in [-0.15, -0.1) is 0 Å². The van der Waals surface area contributed by atoms with Crippen LogP contribution in [-0.4, -0.2) is 9.55 Å². The highest BCUT2D eigenvalue weighted by molar-refractivity contribution is 5.60. The Hall–Kier alpha value is -1.83. The molecule has 0 atom stereocenters. The zero-order valence-corrected chi connectivity index (χ0v) is 10.4. The lowest BCUT2D eigenvalue weighted by Gasteiger charge is -1.97. The average Bonchev–Trinajstić information content (AvgIpc) is 2.80. The van der Waals surface area contributed by atoms with Gasteiger partial charge in [0.1, 0.15) is 5.82 Å². The first-order chi connectivity index (χ1) is 8.35. The number of rotatable bonds is 4. The van der Waals surface area contributed by atoms with E-state index in [2.05, 4.69) is 53.9 Å². The van der Waals surface area contributed by atoms with Gasteiger partial charge < -0.3 is 4.57 Å². The third-order valence-electron chi connectivity index (χ3n) is 2.72. The molecule has 0 bridgehead atoms. The minimum absolute atomic E-state index is 0.948. The molecule has 1 aromatic carbocycles. The molecular weight excluding hydrogens is 208 g/mol. The maximum Gasteiger partial charge on any atom is 0.132 e. The van der Waals surface area contributed by atoms with E-state index in [-0.39, 0.29) is 0 Å². The van der Waals surface area contributed by atoms with Gasteiger partial charge in [-0.3, -0.25) is 0 Å². The Labute approximate surface area is 103 Å². The molecule has 0 amide bonds. The van der Waals surface area contributed by atoms with Gasteiger partial charge in [-0.25, -0.2) is 4.98 Å². The minimum atomic E-state index is 0.948. The number of benzene rings is 1. The molecule has 2 heteroatoms. The first-order valence-electron chi connectivity index (χ1n) is 6.14. The van der Waals surface area contributed by atoms with E-state index in [4.69, 9.17) is 0 Å². The summed E-state index contributed by atoms with van der Waals surface area (Å²) in [7, 11) is 0. The van der Waals surface area contributed by atoms with Crippen LogP contribution in [0.25, 0.3) is 17.3 Å². The monoisotopic (exact) mass is 226 g/mol. The first kappa shape index (κ1) is 11.6. The number of hydrogen-bond acceptors (Lipinski definition) is 1. The van der Waals surface area contributed by atoms with Gasteiger partial charge in [0.2, 0.25) is 0 Å². The normalized spacial score (nSPS) is 11.2. The lowest BCUT2D eigenvalue weighted by molar-refractivity contribution is 0.752. The minimum Gasteiger partial charge on any atom is -0.331 e. The Balaban J connectivity index is 2.37. The van der Waals surface area contributed by atoms with Crippen molar-refractivity contribution >= 4 is 6.08 Å². The number of aromatic nitrogens is 2. The molecule has 0 spiro atoms. The molecule has 0 unspecified atom stereocenters. The second-order valence-electron chi connectivity index (χ2n) is 3.95. The summed E-state index contributed by atoms with van der Waals surface area (Å²) >= 11 is 0. The van der Waals surface area contributed by atoms with E-state index in [0.29, 0.717) is 0 Å². The third-order valence-corrected chi connectivity index (χ3v) is 2.72. The van der Waals surface area contributed by atoms with Gasteiger partial charge in [-0.1, -0.05) is 43.3 Å². The summed E-state index contributed by atoms with van der Waals surface area (Å²) in [6, 6.07) is 10.3. The number of aryl methyl sites for hydroxylation is 1. The third kappa shape index (κ3) is 2.64. The summed E-state index contributed by atoms with van der Waals surface area (Å²) in [5, 5.41) is 0. The fourth-order valence-corrected chi connectivity index (χ4v) is 1.79. The Morgan fingerprint density at radius 3 is 2.59 bits per heavy atom. The SMILES string of the molecule is CC/C=C\c1nc(-c2ccccc2)cn1CC. The van der Waals surface area contributed by atoms with E-state index >= 15 is 0 Å². The maximum absolute atomic E-state index is 4.66. The van der Waals surface area contributed by atoms with Gasteiger partial charge in [0.05, 0.1) is 5.69 Å². The van der Waals surface area contributed by atoms with Gasteiger partial charge in [-0.2, -0.15) is 0 Å². The Kier molecular flexibility index (Phi) is 3.76. The number of allylic oxidation sites excluding steroid dienone is 1. The van der Waals surface area contributed by atoms with Gasteiger partial charge in [0.15, 0.2) is 0 Å². The molecule has 2 aromatic rings. The highest BCUT2D eigenvalue weighted by Gasteiger charge is 2.05. The van der Waals surface area contributed by atoms with Crippen molar-refractivity contribution < 1.29 is 0 Å². The Morgan fingerprint density at radius 1 is 1.18 bits per heavy atom. The van der Waals surface area contributed by atoms with Crippen molar-refractivity contribution in [2.45, 2.75) is 26.8 Å². The first-order valence-corrected chi connectivity index (χ1v) is 6.14. The molecule has 0 aliphatic carbocycles. The molecule has 0 saturated heterocycles. The highest BCUT2D eigenvalue weighted by atomic mass is 15.1. The van der Waals surface area contributed by atoms with Crippen molar-refractivity contribution in [1.29, 1.82) is 0 Å². The van der Waals surface area contributed by atoms with Gasteiger partial charge in [0.25, 0.3) is 0 Å². The standard InChI is InChI=1S/C15H18N2/c1-3-5-11-15-16-14(12-17(15)4-2)13-9-7-6-8-10-13/h5-12H,3-4H2,1-2H3/b11-5-. The van der Waals surface area contributed by atoms with Gasteiger partial charge in [-0.05, 0) is 19.4 Å². The van der Waals surface area contributed by atoms with Crippen LogP contribution in [0.4, 0.5) is 0 Å². The van der Waals surface area contributed by atoms with E-state index < -0.39 is 0 Å². The molecule has 1 aromatic heterocycles. The van der Waals surface area contributed by atoms with Crippen LogP contribution in [0.3, 0.4) is 0 Å². The number of nitrogens with zero attached hydrogens (tertiary/aromatic N) is 2. The second-order valence-corrected chi connectivity index (χ2v) is 3.95. The summed E-state index contributed by atoms with van der Waals surface area (Å²) in [6.45, 7) is 5.22. The number of imidazole rings is 1. The van der Waals surface area contributed by atoms with Crippen molar-refractivity contribution in [2.24, 2.45) is 0 Å². The predicted octanol–water partition coefficient (Wildman–Crippen LogP) is 3.99. The van der Waals surface area contributed by atoms with Crippen molar-refractivity contribution in [3.8, 4) is 11.3 Å². The molecule has 2 rings (SSSR count). The van der Waals surface area contributed by atoms with E-state index in [0.717, 1.165) is 24.5 Å². The van der Waals surface area contributed by atoms with E-state index in [1.807, 2.05) is 18.2 Å². The quantitative estimate of drug-likeness (QED) is 0.770. The van der Waals surface area contributed by atoms with E-state index in [1.54, 1.807) is 0 Å². The molecule has 17 heavy (non-hydrogen) atoms. The predicted molar refractivity (Wildman–Crippen MR) is 72.7 cm³/mol. The maximum atomic E-state index is 4.66. The van der Waals surface area contributed by atoms with Crippen LogP contribution < -0.4 is 0 Å². The Bertz CT molecular complexity index is 495. The molecule has 0 aliphatic heterocycles. The largest absolute Gasteiger partial charge is 0.331 e. The van der Waals surface area contributed by atoms with Crippen LogP contribution in [0.1, 0.15) is 26.1 Å². The van der Waals surface area contributed by atoms with Crippen LogP contribution in [0.2, 0.25) is 0 Å². The topological polar surface area (TPSA) is 17.8 Å². The van der Waals surface area contributed by atoms with Crippen LogP contribution in [0.15, 0.2) is 42.6 Å². The van der Waals surface area contributed by atoms with Crippen LogP contribution >= 0.6 is 0 Å². The van der Waals surface area contributed by atoms with Crippen molar-refractivity contribution in [2.75, 3.05) is 0 Å². The van der Waals surface area contributed by atoms with E-state index in [1.165, 1.54) is 5.56 Å². The fraction of sp³-hybridized carbons (Fsp3) is 0.267. The summed E-state index contributed by atoms with van der Waals surface area (Å²) < 4.78 is 2.18. The molecule has 0 saturated carbocycles. The molecule has 0 N–H and O–H groups in total. The van der Waals surface area contributed by atoms with Crippen molar-refractivity contribution in [1.82, 2.24) is 9.55 Å². The zero-order valence-electron chi connectivity index (χ0n) is 10.4. The Morgan fingerprint density at radius 2 is 1.94 bits per heavy atom. The second kappa shape index (κ2) is 5.48. The molecule has 88 valence electrons. The molecule has 2 nitrogen and oxygen atoms in total. The summed E-state index contributed by atoms with van der Waals surface area (Å²) in [4.78, 5) is 4.66. The molecular formula is C15H18N2. The lowest BCUT2D eigenvalue weighted by Crippen LogP contribution is -1.94. The summed E-state index contributed by atoms with van der Waals surface area (Å²) in [5.74, 6) is 1.04. The summed E-state index contributed by atoms with van der Waals surface area (Å²) in [5.41, 5.74) is 2.22. The lowest BCUT2D eigenvalue weighted by atomic mass is 10.2. The fourth-order valence-electron chi connectivity index (χ4n) is 1.79. The van der Waals surface area contributed by atoms with Gasteiger partial charge >= 0.3 is 0 Å². The smallest absolute Gasteiger partial charge is 0.132 e. The molecule has 0 fully saturated rings. The van der Waals surface area contributed by atoms with Crippen LogP contribution in [0, 0.1) is 0 Å². The van der Waals surface area contributed by atoms with Gasteiger partial charge in [0, 0.05) is 18.3 Å². The van der Waals surface area contributed by atoms with Crippen LogP contribution in [-0.2, 0) is 6.54 Å². The molecule has 0 aliphatic rings. The van der Waals surface area contributed by atoms with Crippen LogP contribution in [0.5, 0.6) is 0 Å².